The number of benzene rings is 1. The zero-order valence-electron chi connectivity index (χ0n) is 14.7. The first-order valence-electron chi connectivity index (χ1n) is 9.19. The van der Waals surface area contributed by atoms with Crippen LogP contribution in [-0.4, -0.2) is 28.9 Å². The van der Waals surface area contributed by atoms with Gasteiger partial charge in [-0.2, -0.15) is 0 Å². The van der Waals surface area contributed by atoms with Crippen LogP contribution in [0.3, 0.4) is 0 Å². The highest BCUT2D eigenvalue weighted by Crippen LogP contribution is 2.22. The molecule has 1 aliphatic heterocycles. The summed E-state index contributed by atoms with van der Waals surface area (Å²) < 4.78 is 0. The lowest BCUT2D eigenvalue weighted by Gasteiger charge is -2.32. The van der Waals surface area contributed by atoms with Crippen LogP contribution in [0.5, 0.6) is 0 Å². The summed E-state index contributed by atoms with van der Waals surface area (Å²) >= 11 is 0. The minimum Gasteiger partial charge on any atom is -0.343 e. The Morgan fingerprint density at radius 1 is 1.08 bits per heavy atom. The van der Waals surface area contributed by atoms with E-state index >= 15 is 0 Å². The Hall–Kier alpha value is -2.20. The van der Waals surface area contributed by atoms with Crippen LogP contribution >= 0.6 is 0 Å². The van der Waals surface area contributed by atoms with E-state index in [1.807, 2.05) is 35.5 Å². The molecule has 0 bridgehead atoms. The molecule has 1 amide bonds. The third-order valence-corrected chi connectivity index (χ3v) is 5.10. The number of pyridine rings is 1. The molecular weight excluding hydrogens is 310 g/mol. The van der Waals surface area contributed by atoms with Crippen molar-refractivity contribution < 1.29 is 4.79 Å². The Morgan fingerprint density at radius 2 is 1.80 bits per heavy atom. The monoisotopic (exact) mass is 337 g/mol. The number of hydrogen-bond acceptors (Lipinski definition) is 3. The van der Waals surface area contributed by atoms with Crippen LogP contribution in [0.4, 0.5) is 0 Å². The van der Waals surface area contributed by atoms with Crippen molar-refractivity contribution in [2.45, 2.75) is 38.6 Å². The lowest BCUT2D eigenvalue weighted by molar-refractivity contribution is -0.132. The van der Waals surface area contributed by atoms with Crippen LogP contribution < -0.4 is 5.73 Å². The molecule has 0 atom stereocenters. The quantitative estimate of drug-likeness (QED) is 0.881. The normalized spacial score (nSPS) is 15.3. The Labute approximate surface area is 150 Å². The average molecular weight is 337 g/mol. The van der Waals surface area contributed by atoms with Crippen LogP contribution in [0.2, 0.25) is 0 Å². The van der Waals surface area contributed by atoms with Crippen molar-refractivity contribution in [1.82, 2.24) is 9.88 Å². The largest absolute Gasteiger partial charge is 0.343 e. The van der Waals surface area contributed by atoms with Gasteiger partial charge in [0.15, 0.2) is 0 Å². The van der Waals surface area contributed by atoms with Gasteiger partial charge in [-0.3, -0.25) is 9.78 Å². The van der Waals surface area contributed by atoms with E-state index in [-0.39, 0.29) is 5.91 Å². The summed E-state index contributed by atoms with van der Waals surface area (Å²) in [5, 5.41) is 0. The summed E-state index contributed by atoms with van der Waals surface area (Å²) in [6.45, 7) is 2.33. The number of likely N-dealkylation sites (tertiary alicyclic amines) is 1. The number of nitrogens with two attached hydrogens (primary N) is 1. The van der Waals surface area contributed by atoms with Crippen molar-refractivity contribution in [3.8, 4) is 0 Å². The number of carbonyl (C=O) groups is 1. The molecule has 0 saturated carbocycles. The number of piperidine rings is 1. The van der Waals surface area contributed by atoms with Gasteiger partial charge in [0.1, 0.15) is 0 Å². The van der Waals surface area contributed by atoms with Gasteiger partial charge in [-0.25, -0.2) is 0 Å². The Bertz CT molecular complexity index is 661. The summed E-state index contributed by atoms with van der Waals surface area (Å²) in [5.41, 5.74) is 9.25. The second kappa shape index (κ2) is 8.77. The first-order valence-corrected chi connectivity index (χ1v) is 9.19. The predicted octanol–water partition coefficient (Wildman–Crippen LogP) is 2.95. The van der Waals surface area contributed by atoms with Crippen molar-refractivity contribution in [2.75, 3.05) is 13.1 Å². The summed E-state index contributed by atoms with van der Waals surface area (Å²) in [6.07, 6.45) is 8.41. The standard InChI is InChI=1S/C21H27N3O/c22-15-19-5-3-17(4-6-19)7-8-21(25)24-12-9-18(10-13-24)14-20-2-1-11-23-16-20/h1-6,11,16,18H,7-10,12-15,22H2. The van der Waals surface area contributed by atoms with Gasteiger partial charge in [0.05, 0.1) is 0 Å². The van der Waals surface area contributed by atoms with Gasteiger partial charge in [0.2, 0.25) is 5.91 Å². The van der Waals surface area contributed by atoms with Crippen LogP contribution in [0.1, 0.15) is 36.0 Å². The van der Waals surface area contributed by atoms with Gasteiger partial charge in [-0.15, -0.1) is 0 Å². The molecule has 0 aliphatic carbocycles. The van der Waals surface area contributed by atoms with Crippen LogP contribution in [0.15, 0.2) is 48.8 Å². The molecule has 3 rings (SSSR count). The number of amides is 1. The molecule has 1 aromatic carbocycles. The summed E-state index contributed by atoms with van der Waals surface area (Å²) in [5.74, 6) is 0.944. The number of aryl methyl sites for hydroxylation is 1. The number of nitrogens with zero attached hydrogens (tertiary/aromatic N) is 2. The number of rotatable bonds is 6. The molecule has 132 valence electrons. The molecule has 4 nitrogen and oxygen atoms in total. The molecule has 1 aliphatic rings. The van der Waals surface area contributed by atoms with E-state index in [0.717, 1.165) is 44.3 Å². The SMILES string of the molecule is NCc1ccc(CCC(=O)N2CCC(Cc3cccnc3)CC2)cc1. The molecule has 1 aromatic heterocycles. The van der Waals surface area contributed by atoms with Gasteiger partial charge >= 0.3 is 0 Å². The molecule has 4 heteroatoms. The van der Waals surface area contributed by atoms with Crippen molar-refractivity contribution in [1.29, 1.82) is 0 Å². The van der Waals surface area contributed by atoms with Crippen LogP contribution in [0.25, 0.3) is 0 Å². The smallest absolute Gasteiger partial charge is 0.222 e. The molecule has 2 aromatic rings. The van der Waals surface area contributed by atoms with Crippen LogP contribution in [-0.2, 0) is 24.2 Å². The molecule has 0 spiro atoms. The lowest BCUT2D eigenvalue weighted by Crippen LogP contribution is -2.39. The Morgan fingerprint density at radius 3 is 2.44 bits per heavy atom. The lowest BCUT2D eigenvalue weighted by atomic mass is 9.90. The zero-order valence-corrected chi connectivity index (χ0v) is 14.7. The highest BCUT2D eigenvalue weighted by molar-refractivity contribution is 5.76. The van der Waals surface area contributed by atoms with E-state index in [1.54, 1.807) is 0 Å². The second-order valence-electron chi connectivity index (χ2n) is 6.91. The third kappa shape index (κ3) is 5.13. The van der Waals surface area contributed by atoms with Crippen molar-refractivity contribution in [2.24, 2.45) is 11.7 Å². The van der Waals surface area contributed by atoms with E-state index in [2.05, 4.69) is 23.2 Å². The first-order chi connectivity index (χ1) is 12.2. The van der Waals surface area contributed by atoms with E-state index in [0.29, 0.717) is 18.9 Å². The van der Waals surface area contributed by atoms with Gasteiger partial charge in [-0.05, 0) is 54.4 Å². The maximum atomic E-state index is 12.5. The van der Waals surface area contributed by atoms with Crippen molar-refractivity contribution >= 4 is 5.91 Å². The van der Waals surface area contributed by atoms with Crippen LogP contribution in [0, 0.1) is 5.92 Å². The minimum atomic E-state index is 0.280. The molecule has 0 radical (unpaired) electrons. The van der Waals surface area contributed by atoms with Gasteiger partial charge < -0.3 is 10.6 Å². The van der Waals surface area contributed by atoms with Crippen molar-refractivity contribution in [3.63, 3.8) is 0 Å². The topological polar surface area (TPSA) is 59.2 Å². The zero-order chi connectivity index (χ0) is 17.5. The highest BCUT2D eigenvalue weighted by atomic mass is 16.2. The summed E-state index contributed by atoms with van der Waals surface area (Å²) in [6, 6.07) is 12.4. The van der Waals surface area contributed by atoms with Gasteiger partial charge in [0, 0.05) is 38.4 Å². The van der Waals surface area contributed by atoms with Gasteiger partial charge in [0.25, 0.3) is 0 Å². The number of carbonyl (C=O) groups excluding carboxylic acids is 1. The Kier molecular flexibility index (Phi) is 6.18. The average Bonchev–Trinajstić information content (AvgIpc) is 2.68. The molecule has 2 N–H and O–H groups in total. The molecule has 1 fully saturated rings. The molecule has 0 unspecified atom stereocenters. The van der Waals surface area contributed by atoms with E-state index in [9.17, 15) is 4.79 Å². The maximum Gasteiger partial charge on any atom is 0.222 e. The first kappa shape index (κ1) is 17.6. The maximum absolute atomic E-state index is 12.5. The molecule has 2 heterocycles. The van der Waals surface area contributed by atoms with E-state index in [4.69, 9.17) is 5.73 Å². The van der Waals surface area contributed by atoms with E-state index < -0.39 is 0 Å². The third-order valence-electron chi connectivity index (χ3n) is 5.10. The fourth-order valence-corrected chi connectivity index (χ4v) is 3.49. The minimum absolute atomic E-state index is 0.280. The Balaban J connectivity index is 1.41. The molecular formula is C21H27N3O. The highest BCUT2D eigenvalue weighted by Gasteiger charge is 2.22. The van der Waals surface area contributed by atoms with Crippen molar-refractivity contribution in [3.05, 3.63) is 65.5 Å². The summed E-state index contributed by atoms with van der Waals surface area (Å²) in [7, 11) is 0. The fourth-order valence-electron chi connectivity index (χ4n) is 3.49. The molecule has 25 heavy (non-hydrogen) atoms. The van der Waals surface area contributed by atoms with E-state index in [1.165, 1.54) is 11.1 Å². The second-order valence-corrected chi connectivity index (χ2v) is 6.91. The summed E-state index contributed by atoms with van der Waals surface area (Å²) in [4.78, 5) is 18.7. The number of hydrogen-bond donors (Lipinski definition) is 1. The predicted molar refractivity (Wildman–Crippen MR) is 99.9 cm³/mol. The fraction of sp³-hybridized carbons (Fsp3) is 0.429. The molecule has 1 saturated heterocycles. The van der Waals surface area contributed by atoms with Gasteiger partial charge in [-0.1, -0.05) is 30.3 Å². The number of aromatic nitrogens is 1.